The normalized spacial score (nSPS) is 18.3. The lowest BCUT2D eigenvalue weighted by molar-refractivity contribution is -0.0199. The van der Waals surface area contributed by atoms with Gasteiger partial charge in [-0.2, -0.15) is 0 Å². The Morgan fingerprint density at radius 3 is 1.40 bits per heavy atom. The first-order chi connectivity index (χ1) is 26.1. The quantitative estimate of drug-likeness (QED) is 0.180. The van der Waals surface area contributed by atoms with Gasteiger partial charge in [0.2, 0.25) is 0 Å². The van der Waals surface area contributed by atoms with E-state index in [-0.39, 0.29) is 25.3 Å². The fourth-order valence-corrected chi connectivity index (χ4v) is 9.29. The Kier molecular flexibility index (Phi) is 7.35. The molecule has 53 heavy (non-hydrogen) atoms. The third-order valence-corrected chi connectivity index (χ3v) is 11.5. The van der Waals surface area contributed by atoms with Crippen molar-refractivity contribution in [3.63, 3.8) is 0 Å². The Bertz CT molecular complexity index is 2250. The number of amides is 2. The Morgan fingerprint density at radius 2 is 0.925 bits per heavy atom. The van der Waals surface area contributed by atoms with E-state index in [0.717, 1.165) is 16.8 Å². The van der Waals surface area contributed by atoms with Crippen molar-refractivity contribution in [3.8, 4) is 22.3 Å². The van der Waals surface area contributed by atoms with Gasteiger partial charge in [0, 0.05) is 18.8 Å². The summed E-state index contributed by atoms with van der Waals surface area (Å²) in [4.78, 5) is 30.1. The van der Waals surface area contributed by atoms with Crippen LogP contribution in [-0.4, -0.2) is 47.4 Å². The fourth-order valence-electron chi connectivity index (χ4n) is 9.29. The van der Waals surface area contributed by atoms with Gasteiger partial charge >= 0.3 is 12.2 Å². The van der Waals surface area contributed by atoms with E-state index >= 15 is 0 Å². The molecule has 2 fully saturated rings. The van der Waals surface area contributed by atoms with Gasteiger partial charge in [0.05, 0.1) is 17.5 Å². The summed E-state index contributed by atoms with van der Waals surface area (Å²) in [5.41, 5.74) is 12.5. The molecule has 260 valence electrons. The molecule has 10 rings (SSSR count). The van der Waals surface area contributed by atoms with Crippen LogP contribution in [-0.2, 0) is 28.1 Å². The largest absolute Gasteiger partial charge is 0.443 e. The number of hydrogen-bond acceptors (Lipinski definition) is 5. The molecule has 0 radical (unpaired) electrons. The van der Waals surface area contributed by atoms with Gasteiger partial charge in [0.15, 0.2) is 0 Å². The first-order valence-corrected chi connectivity index (χ1v) is 18.3. The van der Waals surface area contributed by atoms with Gasteiger partial charge in [-0.25, -0.2) is 19.6 Å². The number of piperidine rings is 1. The summed E-state index contributed by atoms with van der Waals surface area (Å²) in [6.07, 6.45) is -0.469. The summed E-state index contributed by atoms with van der Waals surface area (Å²) < 4.78 is 11.7. The van der Waals surface area contributed by atoms with E-state index in [1.165, 1.54) is 54.5 Å². The number of rotatable bonds is 5. The summed E-state index contributed by atoms with van der Waals surface area (Å²) in [7, 11) is 0. The Hall–Kier alpha value is -6.34. The molecule has 2 amide bonds. The molecule has 2 aliphatic heterocycles. The molecule has 2 atom stereocenters. The first-order valence-electron chi connectivity index (χ1n) is 18.3. The number of fused-ring (bicyclic) bond motifs is 12. The van der Waals surface area contributed by atoms with Crippen LogP contribution in [0, 0.1) is 0 Å². The molecule has 4 aliphatic rings. The summed E-state index contributed by atoms with van der Waals surface area (Å²) in [5.74, 6) is 0. The lowest BCUT2D eigenvalue weighted by Gasteiger charge is -2.34. The van der Waals surface area contributed by atoms with E-state index in [1.54, 1.807) is 0 Å². The van der Waals surface area contributed by atoms with Crippen molar-refractivity contribution < 1.29 is 19.1 Å². The maximum atomic E-state index is 13.9. The lowest BCUT2D eigenvalue weighted by Crippen LogP contribution is -2.50. The van der Waals surface area contributed by atoms with Crippen LogP contribution in [0.4, 0.5) is 15.3 Å². The van der Waals surface area contributed by atoms with Gasteiger partial charge < -0.3 is 14.4 Å². The third-order valence-electron chi connectivity index (χ3n) is 11.5. The van der Waals surface area contributed by atoms with E-state index in [9.17, 15) is 9.59 Å². The van der Waals surface area contributed by atoms with Gasteiger partial charge in [0.1, 0.15) is 13.2 Å². The molecule has 2 aliphatic carbocycles. The number of ether oxygens (including phenoxy) is 2. The topological polar surface area (TPSA) is 62.3 Å². The number of nitrogens with zero attached hydrogens (tertiary/aromatic N) is 3. The SMILES string of the molecule is O=C(OCc1ccccc1)N1[C@@H]2C[C@@H](CN(c3ccc4c(c3)C3(c5ccccc5-c5ccccc53)c3ccccc3-4)C2)N1C(=O)OCc1ccccc1. The van der Waals surface area contributed by atoms with E-state index < -0.39 is 17.6 Å². The Morgan fingerprint density at radius 1 is 0.509 bits per heavy atom. The van der Waals surface area contributed by atoms with Crippen molar-refractivity contribution in [3.05, 3.63) is 185 Å². The molecule has 2 bridgehead atoms. The van der Waals surface area contributed by atoms with Gasteiger partial charge in [0.25, 0.3) is 0 Å². The number of hydrazine groups is 1. The van der Waals surface area contributed by atoms with Gasteiger partial charge in [-0.1, -0.05) is 140 Å². The van der Waals surface area contributed by atoms with E-state index in [2.05, 4.69) is 95.9 Å². The first kappa shape index (κ1) is 31.4. The van der Waals surface area contributed by atoms with Crippen molar-refractivity contribution in [2.45, 2.75) is 37.1 Å². The molecule has 1 spiro atoms. The summed E-state index contributed by atoms with van der Waals surface area (Å²) in [5, 5.41) is 3.02. The highest BCUT2D eigenvalue weighted by atomic mass is 16.6. The monoisotopic (exact) mass is 695 g/mol. The standard InChI is InChI=1S/C46H37N3O4/c50-44(52-29-31-13-3-1-4-14-31)48-34-25-35(49(48)45(51)53-30-32-15-5-2-6-16-32)28-47(27-34)33-23-24-39-38-19-9-12-22-42(38)46(43(39)26-33)40-20-10-7-17-36(40)37-18-8-11-21-41(37)46/h1-24,26,34-35H,25,27-30H2/t34-,35+. The van der Waals surface area contributed by atoms with Crippen LogP contribution in [0.2, 0.25) is 0 Å². The summed E-state index contributed by atoms with van der Waals surface area (Å²) in [6, 6.07) is 51.9. The highest BCUT2D eigenvalue weighted by molar-refractivity contribution is 5.95. The zero-order valence-corrected chi connectivity index (χ0v) is 29.1. The predicted molar refractivity (Wildman–Crippen MR) is 204 cm³/mol. The zero-order valence-electron chi connectivity index (χ0n) is 29.1. The Labute approximate surface area is 308 Å². The molecule has 0 saturated carbocycles. The minimum Gasteiger partial charge on any atom is -0.443 e. The van der Waals surface area contributed by atoms with Crippen LogP contribution >= 0.6 is 0 Å². The highest BCUT2D eigenvalue weighted by Crippen LogP contribution is 2.63. The van der Waals surface area contributed by atoms with E-state index in [1.807, 2.05) is 60.7 Å². The van der Waals surface area contributed by atoms with Crippen LogP contribution in [0.25, 0.3) is 22.3 Å². The number of carbonyl (C=O) groups is 2. The molecule has 6 aromatic rings. The third kappa shape index (κ3) is 4.87. The Balaban J connectivity index is 1.02. The second-order valence-electron chi connectivity index (χ2n) is 14.3. The molecule has 6 aromatic carbocycles. The molecule has 0 N–H and O–H groups in total. The maximum absolute atomic E-state index is 13.9. The van der Waals surface area contributed by atoms with Crippen molar-refractivity contribution in [2.24, 2.45) is 0 Å². The lowest BCUT2D eigenvalue weighted by atomic mass is 9.70. The second kappa shape index (κ2) is 12.4. The average molecular weight is 696 g/mol. The molecular weight excluding hydrogens is 659 g/mol. The molecule has 7 heteroatoms. The molecule has 7 nitrogen and oxygen atoms in total. The molecule has 2 saturated heterocycles. The minimum absolute atomic E-state index is 0.112. The van der Waals surface area contributed by atoms with Crippen LogP contribution < -0.4 is 4.90 Å². The second-order valence-corrected chi connectivity index (χ2v) is 14.3. The molecule has 2 heterocycles. The van der Waals surface area contributed by atoms with Crippen molar-refractivity contribution in [1.82, 2.24) is 10.0 Å². The smallest absolute Gasteiger partial charge is 0.429 e. The van der Waals surface area contributed by atoms with Crippen molar-refractivity contribution >= 4 is 17.9 Å². The maximum Gasteiger partial charge on any atom is 0.429 e. The molecule has 0 unspecified atom stereocenters. The summed E-state index contributed by atoms with van der Waals surface area (Å²) in [6.45, 7) is 1.32. The number of benzene rings is 6. The molecular formula is C46H37N3O4. The fraction of sp³-hybridized carbons (Fsp3) is 0.174. The van der Waals surface area contributed by atoms with Gasteiger partial charge in [-0.3, -0.25) is 0 Å². The minimum atomic E-state index is -0.553. The van der Waals surface area contributed by atoms with Gasteiger partial charge in [-0.15, -0.1) is 0 Å². The van der Waals surface area contributed by atoms with E-state index in [0.29, 0.717) is 19.5 Å². The summed E-state index contributed by atoms with van der Waals surface area (Å²) >= 11 is 0. The number of carbonyl (C=O) groups excluding carboxylic acids is 2. The number of hydrogen-bond donors (Lipinski definition) is 0. The predicted octanol–water partition coefficient (Wildman–Crippen LogP) is 9.18. The van der Waals surface area contributed by atoms with Crippen molar-refractivity contribution in [2.75, 3.05) is 18.0 Å². The molecule has 0 aromatic heterocycles. The van der Waals surface area contributed by atoms with Gasteiger partial charge in [-0.05, 0) is 74.2 Å². The van der Waals surface area contributed by atoms with Crippen LogP contribution in [0.5, 0.6) is 0 Å². The van der Waals surface area contributed by atoms with Crippen LogP contribution in [0.3, 0.4) is 0 Å². The van der Waals surface area contributed by atoms with Crippen molar-refractivity contribution in [1.29, 1.82) is 0 Å². The zero-order chi connectivity index (χ0) is 35.5. The number of anilines is 1. The highest BCUT2D eigenvalue weighted by Gasteiger charge is 2.53. The van der Waals surface area contributed by atoms with Crippen LogP contribution in [0.15, 0.2) is 152 Å². The van der Waals surface area contributed by atoms with Crippen LogP contribution in [0.1, 0.15) is 39.8 Å². The van der Waals surface area contributed by atoms with E-state index in [4.69, 9.17) is 9.47 Å². The average Bonchev–Trinajstić information content (AvgIpc) is 3.79.